The normalized spacial score (nSPS) is 15.7. The second-order valence-electron chi connectivity index (χ2n) is 7.12. The van der Waals surface area contributed by atoms with Crippen LogP contribution in [0.4, 0.5) is 0 Å². The van der Waals surface area contributed by atoms with Crippen LogP contribution in [0.1, 0.15) is 72.6 Å². The maximum Gasteiger partial charge on any atom is 0.225 e. The van der Waals surface area contributed by atoms with Gasteiger partial charge in [0.15, 0.2) is 5.76 Å². The predicted molar refractivity (Wildman–Crippen MR) is 107 cm³/mol. The lowest BCUT2D eigenvalue weighted by Crippen LogP contribution is -2.30. The highest BCUT2D eigenvalue weighted by atomic mass is 16.3. The molecule has 0 heterocycles. The van der Waals surface area contributed by atoms with E-state index in [1.165, 1.54) is 5.57 Å². The number of aliphatic hydroxyl groups excluding tert-OH is 1. The van der Waals surface area contributed by atoms with Crippen molar-refractivity contribution in [2.24, 2.45) is 0 Å². The maximum atomic E-state index is 12.7. The van der Waals surface area contributed by atoms with Crippen molar-refractivity contribution in [1.82, 2.24) is 5.32 Å². The molecule has 144 valence electrons. The van der Waals surface area contributed by atoms with Gasteiger partial charge in [-0.2, -0.15) is 0 Å². The van der Waals surface area contributed by atoms with E-state index in [0.717, 1.165) is 37.7 Å². The van der Waals surface area contributed by atoms with E-state index in [2.05, 4.69) is 32.2 Å². The van der Waals surface area contributed by atoms with Gasteiger partial charge in [0.2, 0.25) is 11.6 Å². The Morgan fingerprint density at radius 1 is 1.04 bits per heavy atom. The van der Waals surface area contributed by atoms with Crippen LogP contribution >= 0.6 is 0 Å². The largest absolute Gasteiger partial charge is 0.504 e. The molecule has 0 fully saturated rings. The van der Waals surface area contributed by atoms with Gasteiger partial charge >= 0.3 is 0 Å². The van der Waals surface area contributed by atoms with Crippen molar-refractivity contribution in [1.29, 1.82) is 0 Å². The number of aliphatic hydroxyl groups is 1. The number of carbonyl (C=O) groups is 2. The molecule has 1 aliphatic carbocycles. The summed E-state index contributed by atoms with van der Waals surface area (Å²) in [6, 6.07) is 0. The van der Waals surface area contributed by atoms with Crippen LogP contribution in [0.3, 0.4) is 0 Å². The quantitative estimate of drug-likeness (QED) is 0.324. The highest BCUT2D eigenvalue weighted by Crippen LogP contribution is 2.28. The second kappa shape index (κ2) is 10.8. The SMILES string of the molecule is CCCCCC1=C(NC)C(=O)C(C/C=C(\C)CCC=C(C)C)=C(O)C1=O. The van der Waals surface area contributed by atoms with Crippen LogP contribution in [0.25, 0.3) is 0 Å². The van der Waals surface area contributed by atoms with E-state index in [-0.39, 0.29) is 23.5 Å². The third-order valence-electron chi connectivity index (χ3n) is 4.60. The van der Waals surface area contributed by atoms with Crippen molar-refractivity contribution >= 4 is 11.6 Å². The predicted octanol–water partition coefficient (Wildman–Crippen LogP) is 5.09. The number of unbranched alkanes of at least 4 members (excludes halogenated alkanes) is 2. The third kappa shape index (κ3) is 6.01. The van der Waals surface area contributed by atoms with Crippen molar-refractivity contribution < 1.29 is 14.7 Å². The fraction of sp³-hybridized carbons (Fsp3) is 0.545. The van der Waals surface area contributed by atoms with E-state index in [9.17, 15) is 14.7 Å². The van der Waals surface area contributed by atoms with Gasteiger partial charge in [0.25, 0.3) is 0 Å². The molecule has 4 heteroatoms. The third-order valence-corrected chi connectivity index (χ3v) is 4.60. The zero-order chi connectivity index (χ0) is 19.7. The van der Waals surface area contributed by atoms with Gasteiger partial charge in [-0.25, -0.2) is 0 Å². The van der Waals surface area contributed by atoms with E-state index in [4.69, 9.17) is 0 Å². The maximum absolute atomic E-state index is 12.7. The van der Waals surface area contributed by atoms with E-state index in [0.29, 0.717) is 17.7 Å². The Bertz CT molecular complexity index is 659. The standard InChI is InChI=1S/C22H33NO3/c1-6-7-8-12-17-19(23-5)20(24)18(22(26)21(17)25)14-13-16(4)11-9-10-15(2)3/h10,13,23,26H,6-9,11-12,14H2,1-5H3/b16-13+. The molecule has 0 aromatic heterocycles. The van der Waals surface area contributed by atoms with Crippen molar-refractivity contribution in [3.05, 3.63) is 45.9 Å². The molecule has 0 spiro atoms. The molecular weight excluding hydrogens is 326 g/mol. The van der Waals surface area contributed by atoms with Gasteiger partial charge < -0.3 is 10.4 Å². The molecule has 0 saturated carbocycles. The number of ketones is 2. The zero-order valence-electron chi connectivity index (χ0n) is 16.9. The summed E-state index contributed by atoms with van der Waals surface area (Å²) in [5, 5.41) is 13.2. The van der Waals surface area contributed by atoms with E-state index in [1.54, 1.807) is 7.05 Å². The van der Waals surface area contributed by atoms with Crippen LogP contribution in [0.15, 0.2) is 45.9 Å². The van der Waals surface area contributed by atoms with Crippen LogP contribution in [0.2, 0.25) is 0 Å². The number of rotatable bonds is 10. The first-order valence-electron chi connectivity index (χ1n) is 9.54. The molecule has 1 aliphatic rings. The van der Waals surface area contributed by atoms with Crippen molar-refractivity contribution in [2.45, 2.75) is 72.6 Å². The Hall–Kier alpha value is -2.10. The second-order valence-corrected chi connectivity index (χ2v) is 7.12. The minimum absolute atomic E-state index is 0.195. The first kappa shape index (κ1) is 21.9. The number of hydrogen-bond donors (Lipinski definition) is 2. The van der Waals surface area contributed by atoms with E-state index < -0.39 is 5.78 Å². The molecule has 2 N–H and O–H groups in total. The number of Topliss-reactive ketones (excluding diaryl/α,β-unsaturated/α-hetero) is 2. The van der Waals surface area contributed by atoms with Crippen molar-refractivity contribution in [2.75, 3.05) is 7.05 Å². The summed E-state index contributed by atoms with van der Waals surface area (Å²) in [5.74, 6) is -1.05. The number of likely N-dealkylation sites (N-methyl/N-ethyl adjacent to an activating group) is 1. The highest BCUT2D eigenvalue weighted by molar-refractivity contribution is 6.24. The van der Waals surface area contributed by atoms with Gasteiger partial charge in [-0.05, 0) is 52.9 Å². The molecule has 0 aromatic rings. The smallest absolute Gasteiger partial charge is 0.225 e. The Morgan fingerprint density at radius 3 is 2.31 bits per heavy atom. The fourth-order valence-electron chi connectivity index (χ4n) is 3.00. The van der Waals surface area contributed by atoms with Gasteiger partial charge in [0, 0.05) is 12.6 Å². The van der Waals surface area contributed by atoms with Gasteiger partial charge in [-0.1, -0.05) is 43.1 Å². The van der Waals surface area contributed by atoms with Crippen LogP contribution in [0.5, 0.6) is 0 Å². The number of allylic oxidation sites excluding steroid dienone is 6. The van der Waals surface area contributed by atoms with Crippen molar-refractivity contribution in [3.63, 3.8) is 0 Å². The van der Waals surface area contributed by atoms with Gasteiger partial charge in [0.05, 0.1) is 11.3 Å². The summed E-state index contributed by atoms with van der Waals surface area (Å²) < 4.78 is 0. The minimum atomic E-state index is -0.407. The monoisotopic (exact) mass is 359 g/mol. The summed E-state index contributed by atoms with van der Waals surface area (Å²) >= 11 is 0. The van der Waals surface area contributed by atoms with Crippen LogP contribution in [-0.2, 0) is 9.59 Å². The summed E-state index contributed by atoms with van der Waals surface area (Å²) in [7, 11) is 1.65. The Labute approximate surface area is 157 Å². The topological polar surface area (TPSA) is 66.4 Å². The fourth-order valence-corrected chi connectivity index (χ4v) is 3.00. The number of hydrogen-bond acceptors (Lipinski definition) is 4. The lowest BCUT2D eigenvalue weighted by atomic mass is 9.87. The first-order chi connectivity index (χ1) is 12.3. The molecule has 1 rings (SSSR count). The summed E-state index contributed by atoms with van der Waals surface area (Å²) in [6.45, 7) is 8.23. The lowest BCUT2D eigenvalue weighted by Gasteiger charge is -2.20. The number of carbonyl (C=O) groups excluding carboxylic acids is 2. The molecule has 0 radical (unpaired) electrons. The zero-order valence-corrected chi connectivity index (χ0v) is 16.9. The molecule has 0 amide bonds. The summed E-state index contributed by atoms with van der Waals surface area (Å²) in [4.78, 5) is 25.3. The van der Waals surface area contributed by atoms with Crippen LogP contribution < -0.4 is 5.32 Å². The summed E-state index contributed by atoms with van der Waals surface area (Å²) in [6.07, 6.45) is 9.62. The molecule has 0 aromatic carbocycles. The average molecular weight is 360 g/mol. The average Bonchev–Trinajstić information content (AvgIpc) is 2.59. The molecule has 0 saturated heterocycles. The van der Waals surface area contributed by atoms with Crippen LogP contribution in [-0.4, -0.2) is 23.7 Å². The molecule has 26 heavy (non-hydrogen) atoms. The first-order valence-corrected chi connectivity index (χ1v) is 9.54. The number of nitrogens with one attached hydrogen (secondary N) is 1. The van der Waals surface area contributed by atoms with E-state index in [1.807, 2.05) is 13.0 Å². The Balaban J connectivity index is 2.92. The van der Waals surface area contributed by atoms with Gasteiger partial charge in [0.1, 0.15) is 0 Å². The highest BCUT2D eigenvalue weighted by Gasteiger charge is 2.33. The molecule has 0 atom stereocenters. The minimum Gasteiger partial charge on any atom is -0.504 e. The van der Waals surface area contributed by atoms with Gasteiger partial charge in [-0.15, -0.1) is 0 Å². The molecule has 0 unspecified atom stereocenters. The Kier molecular flexibility index (Phi) is 9.11. The summed E-state index contributed by atoms with van der Waals surface area (Å²) in [5.41, 5.74) is 3.38. The van der Waals surface area contributed by atoms with Gasteiger partial charge in [-0.3, -0.25) is 9.59 Å². The molecule has 4 nitrogen and oxygen atoms in total. The Morgan fingerprint density at radius 2 is 1.73 bits per heavy atom. The molecular formula is C22H33NO3. The van der Waals surface area contributed by atoms with E-state index >= 15 is 0 Å². The van der Waals surface area contributed by atoms with Crippen molar-refractivity contribution in [3.8, 4) is 0 Å². The lowest BCUT2D eigenvalue weighted by molar-refractivity contribution is -0.118. The molecule has 0 bridgehead atoms. The van der Waals surface area contributed by atoms with Crippen LogP contribution in [0, 0.1) is 0 Å². The molecule has 0 aliphatic heterocycles.